The number of hydrazine groups is 1. The maximum atomic E-state index is 13.1. The standard InChI is InChI=1S/C25H32N4O4S/c1-19-11-13-22(14-12-19)34(32,33)29-17-7-10-21(18-29)24(30)27-26-23(20-8-3-2-4-9-20)25(31)28-15-5-6-16-28/h2-4,8-9,11-14,21,23,26H,5-7,10,15-18H2,1H3,(H,27,30)/t21-,23-/m1/s1. The lowest BCUT2D eigenvalue weighted by atomic mass is 9.99. The second-order valence-electron chi connectivity index (χ2n) is 9.02. The summed E-state index contributed by atoms with van der Waals surface area (Å²) >= 11 is 0. The number of aryl methyl sites for hydroxylation is 1. The quantitative estimate of drug-likeness (QED) is 0.588. The number of hydrogen-bond donors (Lipinski definition) is 2. The van der Waals surface area contributed by atoms with Crippen LogP contribution < -0.4 is 10.9 Å². The van der Waals surface area contributed by atoms with Gasteiger partial charge >= 0.3 is 0 Å². The predicted octanol–water partition coefficient (Wildman–Crippen LogP) is 2.38. The molecule has 2 atom stereocenters. The molecule has 4 rings (SSSR count). The molecule has 0 aliphatic carbocycles. The van der Waals surface area contributed by atoms with Crippen LogP contribution in [0.1, 0.15) is 42.9 Å². The number of amides is 2. The molecule has 34 heavy (non-hydrogen) atoms. The molecule has 2 aliphatic rings. The van der Waals surface area contributed by atoms with Gasteiger partial charge < -0.3 is 4.90 Å². The van der Waals surface area contributed by atoms with Crippen molar-refractivity contribution in [3.63, 3.8) is 0 Å². The lowest BCUT2D eigenvalue weighted by molar-refractivity contribution is -0.134. The third-order valence-electron chi connectivity index (χ3n) is 6.55. The molecule has 0 bridgehead atoms. The Morgan fingerprint density at radius 3 is 2.29 bits per heavy atom. The second-order valence-corrected chi connectivity index (χ2v) is 11.0. The summed E-state index contributed by atoms with van der Waals surface area (Å²) in [4.78, 5) is 28.2. The van der Waals surface area contributed by atoms with E-state index in [0.29, 0.717) is 32.5 Å². The van der Waals surface area contributed by atoms with Gasteiger partial charge in [0.25, 0.3) is 0 Å². The molecule has 2 fully saturated rings. The monoisotopic (exact) mass is 484 g/mol. The van der Waals surface area contributed by atoms with E-state index in [9.17, 15) is 18.0 Å². The molecule has 0 radical (unpaired) electrons. The van der Waals surface area contributed by atoms with Gasteiger partial charge in [-0.25, -0.2) is 13.8 Å². The first-order chi connectivity index (χ1) is 16.4. The van der Waals surface area contributed by atoms with E-state index in [0.717, 1.165) is 24.0 Å². The first kappa shape index (κ1) is 24.4. The van der Waals surface area contributed by atoms with Gasteiger partial charge in [-0.2, -0.15) is 4.31 Å². The van der Waals surface area contributed by atoms with Crippen molar-refractivity contribution in [2.24, 2.45) is 5.92 Å². The molecule has 0 spiro atoms. The minimum Gasteiger partial charge on any atom is -0.341 e. The summed E-state index contributed by atoms with van der Waals surface area (Å²) in [6.07, 6.45) is 3.14. The van der Waals surface area contributed by atoms with Crippen LogP contribution in [0.3, 0.4) is 0 Å². The molecule has 2 amide bonds. The molecule has 2 aromatic rings. The molecule has 2 heterocycles. The molecule has 8 nitrogen and oxygen atoms in total. The number of hydrogen-bond acceptors (Lipinski definition) is 5. The van der Waals surface area contributed by atoms with Crippen LogP contribution in [-0.4, -0.2) is 55.6 Å². The van der Waals surface area contributed by atoms with Crippen LogP contribution in [0.25, 0.3) is 0 Å². The van der Waals surface area contributed by atoms with Gasteiger partial charge in [-0.15, -0.1) is 0 Å². The summed E-state index contributed by atoms with van der Waals surface area (Å²) in [6, 6.07) is 15.4. The molecule has 2 saturated heterocycles. The van der Waals surface area contributed by atoms with E-state index in [1.165, 1.54) is 4.31 Å². The van der Waals surface area contributed by atoms with Crippen molar-refractivity contribution in [1.29, 1.82) is 0 Å². The molecular formula is C25H32N4O4S. The third kappa shape index (κ3) is 5.48. The maximum Gasteiger partial charge on any atom is 0.246 e. The molecular weight excluding hydrogens is 452 g/mol. The van der Waals surface area contributed by atoms with Gasteiger partial charge in [0.1, 0.15) is 6.04 Å². The average Bonchev–Trinajstić information content (AvgIpc) is 3.40. The predicted molar refractivity (Wildman–Crippen MR) is 129 cm³/mol. The highest BCUT2D eigenvalue weighted by molar-refractivity contribution is 7.89. The van der Waals surface area contributed by atoms with E-state index in [1.54, 1.807) is 24.3 Å². The fourth-order valence-electron chi connectivity index (χ4n) is 4.53. The molecule has 0 aromatic heterocycles. The summed E-state index contributed by atoms with van der Waals surface area (Å²) in [5.41, 5.74) is 7.41. The highest BCUT2D eigenvalue weighted by Crippen LogP contribution is 2.24. The molecule has 182 valence electrons. The van der Waals surface area contributed by atoms with Crippen LogP contribution in [0.15, 0.2) is 59.5 Å². The Morgan fingerprint density at radius 1 is 0.941 bits per heavy atom. The number of likely N-dealkylation sites (tertiary alicyclic amines) is 1. The molecule has 0 unspecified atom stereocenters. The van der Waals surface area contributed by atoms with E-state index >= 15 is 0 Å². The summed E-state index contributed by atoms with van der Waals surface area (Å²) in [7, 11) is -3.67. The zero-order chi connectivity index (χ0) is 24.1. The summed E-state index contributed by atoms with van der Waals surface area (Å²) in [6.45, 7) is 3.83. The largest absolute Gasteiger partial charge is 0.341 e. The first-order valence-corrected chi connectivity index (χ1v) is 13.3. The number of piperidine rings is 1. The third-order valence-corrected chi connectivity index (χ3v) is 8.43. The van der Waals surface area contributed by atoms with Crippen molar-refractivity contribution >= 4 is 21.8 Å². The molecule has 2 N–H and O–H groups in total. The van der Waals surface area contributed by atoms with Crippen molar-refractivity contribution in [1.82, 2.24) is 20.1 Å². The van der Waals surface area contributed by atoms with Crippen LogP contribution in [0.5, 0.6) is 0 Å². The number of rotatable bonds is 7. The summed E-state index contributed by atoms with van der Waals surface area (Å²) in [5.74, 6) is -0.880. The van der Waals surface area contributed by atoms with Crippen molar-refractivity contribution in [2.45, 2.75) is 43.5 Å². The number of carbonyl (C=O) groups excluding carboxylic acids is 2. The lowest BCUT2D eigenvalue weighted by Gasteiger charge is -2.32. The van der Waals surface area contributed by atoms with Crippen molar-refractivity contribution in [3.8, 4) is 0 Å². The Kier molecular flexibility index (Phi) is 7.65. The zero-order valence-corrected chi connectivity index (χ0v) is 20.3. The smallest absolute Gasteiger partial charge is 0.246 e. The van der Waals surface area contributed by atoms with Crippen LogP contribution in [0, 0.1) is 12.8 Å². The Labute approximate surface area is 201 Å². The second kappa shape index (κ2) is 10.7. The number of sulfonamides is 1. The Bertz CT molecular complexity index is 1100. The number of nitrogens with zero attached hydrogens (tertiary/aromatic N) is 2. The van der Waals surface area contributed by atoms with E-state index in [2.05, 4.69) is 10.9 Å². The lowest BCUT2D eigenvalue weighted by Crippen LogP contribution is -2.51. The molecule has 2 aliphatic heterocycles. The SMILES string of the molecule is Cc1ccc(S(=O)(=O)N2CCC[C@@H](C(=O)NN[C@@H](C(=O)N3CCCC3)c3ccccc3)C2)cc1. The van der Waals surface area contributed by atoms with Gasteiger partial charge in [-0.3, -0.25) is 15.0 Å². The topological polar surface area (TPSA) is 98.8 Å². The van der Waals surface area contributed by atoms with Crippen molar-refractivity contribution in [2.75, 3.05) is 26.2 Å². The van der Waals surface area contributed by atoms with Crippen molar-refractivity contribution in [3.05, 3.63) is 65.7 Å². The van der Waals surface area contributed by atoms with E-state index in [4.69, 9.17) is 0 Å². The minimum atomic E-state index is -3.67. The van der Waals surface area contributed by atoms with Crippen LogP contribution in [0.2, 0.25) is 0 Å². The van der Waals surface area contributed by atoms with Crippen molar-refractivity contribution < 1.29 is 18.0 Å². The highest BCUT2D eigenvalue weighted by atomic mass is 32.2. The van der Waals surface area contributed by atoms with E-state index in [-0.39, 0.29) is 23.3 Å². The summed E-state index contributed by atoms with van der Waals surface area (Å²) < 4.78 is 27.5. The fourth-order valence-corrected chi connectivity index (χ4v) is 6.06. The Balaban J connectivity index is 1.42. The number of carbonyl (C=O) groups is 2. The normalized spacial score (nSPS) is 20.1. The highest BCUT2D eigenvalue weighted by Gasteiger charge is 2.34. The fraction of sp³-hybridized carbons (Fsp3) is 0.440. The summed E-state index contributed by atoms with van der Waals surface area (Å²) in [5, 5.41) is 0. The van der Waals surface area contributed by atoms with Gasteiger partial charge in [0.2, 0.25) is 21.8 Å². The molecule has 2 aromatic carbocycles. The Morgan fingerprint density at radius 2 is 1.62 bits per heavy atom. The maximum absolute atomic E-state index is 13.1. The zero-order valence-electron chi connectivity index (χ0n) is 19.4. The van der Waals surface area contributed by atoms with Crippen LogP contribution in [0.4, 0.5) is 0 Å². The van der Waals surface area contributed by atoms with Gasteiger partial charge in [0.15, 0.2) is 0 Å². The van der Waals surface area contributed by atoms with Gasteiger partial charge in [0.05, 0.1) is 10.8 Å². The molecule has 9 heteroatoms. The minimum absolute atomic E-state index is 0.0729. The van der Waals surface area contributed by atoms with Crippen LogP contribution >= 0.6 is 0 Å². The number of benzene rings is 2. The van der Waals surface area contributed by atoms with E-state index in [1.807, 2.05) is 42.2 Å². The van der Waals surface area contributed by atoms with Crippen LogP contribution in [-0.2, 0) is 19.6 Å². The average molecular weight is 485 g/mol. The van der Waals surface area contributed by atoms with Gasteiger partial charge in [-0.05, 0) is 50.3 Å². The number of nitrogens with one attached hydrogen (secondary N) is 2. The Hall–Kier alpha value is -2.75. The van der Waals surface area contributed by atoms with Gasteiger partial charge in [0, 0.05) is 26.2 Å². The van der Waals surface area contributed by atoms with E-state index < -0.39 is 22.0 Å². The first-order valence-electron chi connectivity index (χ1n) is 11.8. The molecule has 0 saturated carbocycles. The van der Waals surface area contributed by atoms with Gasteiger partial charge in [-0.1, -0.05) is 48.0 Å².